The summed E-state index contributed by atoms with van der Waals surface area (Å²) in [6.45, 7) is 0. The first-order valence-electron chi connectivity index (χ1n) is 12.7. The maximum absolute atomic E-state index is 6.75. The SMILES string of the molecule is COc1ccc(N(c2ccc(OC)cc2)c2cc3sc4cc(Cl)c5ccccc5c4c3c3ccccc23)cc1. The minimum Gasteiger partial charge on any atom is -0.497 e. The van der Waals surface area contributed by atoms with Crippen LogP contribution in [0.2, 0.25) is 5.02 Å². The second-order valence-corrected chi connectivity index (χ2v) is 10.9. The molecular weight excluding hydrogens is 522 g/mol. The molecule has 0 radical (unpaired) electrons. The standard InChI is InChI=1S/C34H24ClNO2S/c1-37-23-15-11-21(12-16-23)36(22-13-17-24(38-2)18-14-22)30-20-32-34(28-10-6-4-8-26(28)30)33-27-9-5-3-7-25(27)29(35)19-31(33)39-32/h3-20H,1-2H3. The summed E-state index contributed by atoms with van der Waals surface area (Å²) in [7, 11) is 3.38. The van der Waals surface area contributed by atoms with E-state index in [9.17, 15) is 0 Å². The Labute approximate surface area is 235 Å². The molecule has 5 heteroatoms. The molecule has 0 amide bonds. The molecule has 7 rings (SSSR count). The second-order valence-electron chi connectivity index (χ2n) is 9.43. The number of rotatable bonds is 5. The third kappa shape index (κ3) is 3.87. The zero-order valence-corrected chi connectivity index (χ0v) is 23.0. The molecule has 1 aromatic heterocycles. The van der Waals surface area contributed by atoms with Crippen LogP contribution in [0.4, 0.5) is 17.1 Å². The first-order chi connectivity index (χ1) is 19.2. The van der Waals surface area contributed by atoms with Crippen molar-refractivity contribution in [1.82, 2.24) is 0 Å². The van der Waals surface area contributed by atoms with E-state index < -0.39 is 0 Å². The summed E-state index contributed by atoms with van der Waals surface area (Å²) in [4.78, 5) is 2.30. The van der Waals surface area contributed by atoms with Gasteiger partial charge in [-0.1, -0.05) is 60.1 Å². The van der Waals surface area contributed by atoms with Crippen LogP contribution in [0.1, 0.15) is 0 Å². The Morgan fingerprint density at radius 2 is 1.03 bits per heavy atom. The van der Waals surface area contributed by atoms with Crippen LogP contribution in [0.25, 0.3) is 41.7 Å². The highest BCUT2D eigenvalue weighted by Gasteiger charge is 2.21. The van der Waals surface area contributed by atoms with Crippen molar-refractivity contribution >= 4 is 81.7 Å². The van der Waals surface area contributed by atoms with E-state index in [1.807, 2.05) is 30.3 Å². The van der Waals surface area contributed by atoms with Gasteiger partial charge in [-0.2, -0.15) is 0 Å². The summed E-state index contributed by atoms with van der Waals surface area (Å²) >= 11 is 8.54. The van der Waals surface area contributed by atoms with Crippen molar-refractivity contribution in [2.24, 2.45) is 0 Å². The highest BCUT2D eigenvalue weighted by Crippen LogP contribution is 2.48. The smallest absolute Gasteiger partial charge is 0.119 e. The lowest BCUT2D eigenvalue weighted by molar-refractivity contribution is 0.415. The summed E-state index contributed by atoms with van der Waals surface area (Å²) in [6, 6.07) is 37.9. The van der Waals surface area contributed by atoms with E-state index in [1.165, 1.54) is 36.3 Å². The molecule has 0 unspecified atom stereocenters. The van der Waals surface area contributed by atoms with Crippen molar-refractivity contribution in [3.8, 4) is 11.5 Å². The summed E-state index contributed by atoms with van der Waals surface area (Å²) in [6.07, 6.45) is 0. The van der Waals surface area contributed by atoms with E-state index in [1.54, 1.807) is 25.6 Å². The van der Waals surface area contributed by atoms with Gasteiger partial charge >= 0.3 is 0 Å². The number of anilines is 3. The quantitative estimate of drug-likeness (QED) is 0.215. The van der Waals surface area contributed by atoms with E-state index in [0.29, 0.717) is 0 Å². The fourth-order valence-corrected chi connectivity index (χ4v) is 7.06. The van der Waals surface area contributed by atoms with Crippen LogP contribution < -0.4 is 14.4 Å². The molecule has 0 atom stereocenters. The number of hydrogen-bond acceptors (Lipinski definition) is 4. The largest absolute Gasteiger partial charge is 0.497 e. The Hall–Kier alpha value is -4.25. The molecule has 0 saturated heterocycles. The highest BCUT2D eigenvalue weighted by atomic mass is 35.5. The molecule has 0 saturated carbocycles. The van der Waals surface area contributed by atoms with E-state index in [-0.39, 0.29) is 0 Å². The van der Waals surface area contributed by atoms with Gasteiger partial charge in [0.25, 0.3) is 0 Å². The summed E-state index contributed by atoms with van der Waals surface area (Å²) in [5.41, 5.74) is 3.19. The van der Waals surface area contributed by atoms with Crippen molar-refractivity contribution in [2.45, 2.75) is 0 Å². The fraction of sp³-hybridized carbons (Fsp3) is 0.0588. The van der Waals surface area contributed by atoms with Gasteiger partial charge in [-0.05, 0) is 71.4 Å². The molecule has 3 nitrogen and oxygen atoms in total. The predicted molar refractivity (Wildman–Crippen MR) is 167 cm³/mol. The van der Waals surface area contributed by atoms with Crippen molar-refractivity contribution in [2.75, 3.05) is 19.1 Å². The first-order valence-corrected chi connectivity index (χ1v) is 13.9. The van der Waals surface area contributed by atoms with Gasteiger partial charge in [0.1, 0.15) is 11.5 Å². The lowest BCUT2D eigenvalue weighted by Crippen LogP contribution is -2.10. The van der Waals surface area contributed by atoms with Crippen LogP contribution in [0, 0.1) is 0 Å². The molecule has 0 aliphatic heterocycles. The lowest BCUT2D eigenvalue weighted by atomic mass is 9.98. The van der Waals surface area contributed by atoms with Crippen LogP contribution >= 0.6 is 22.9 Å². The zero-order valence-electron chi connectivity index (χ0n) is 21.4. The minimum atomic E-state index is 0.785. The third-order valence-corrected chi connectivity index (χ3v) is 8.71. The Morgan fingerprint density at radius 3 is 1.56 bits per heavy atom. The fourth-order valence-electron chi connectivity index (χ4n) is 5.51. The highest BCUT2D eigenvalue weighted by molar-refractivity contribution is 7.26. The topological polar surface area (TPSA) is 21.7 Å². The van der Waals surface area contributed by atoms with Crippen LogP contribution in [0.15, 0.2) is 109 Å². The molecule has 1 heterocycles. The van der Waals surface area contributed by atoms with Gasteiger partial charge in [0, 0.05) is 47.3 Å². The zero-order chi connectivity index (χ0) is 26.5. The molecule has 0 bridgehead atoms. The number of thiophene rings is 1. The summed E-state index contributed by atoms with van der Waals surface area (Å²) in [5.74, 6) is 1.64. The van der Waals surface area contributed by atoms with Gasteiger partial charge < -0.3 is 14.4 Å². The predicted octanol–water partition coefficient (Wildman–Crippen LogP) is 10.5. The number of methoxy groups -OCH3 is 2. The molecule has 0 N–H and O–H groups in total. The lowest BCUT2D eigenvalue weighted by Gasteiger charge is -2.27. The van der Waals surface area contributed by atoms with Crippen molar-refractivity contribution in [1.29, 1.82) is 0 Å². The van der Waals surface area contributed by atoms with Gasteiger partial charge in [-0.15, -0.1) is 11.3 Å². The Kier molecular flexibility index (Phi) is 5.80. The number of nitrogens with zero attached hydrogens (tertiary/aromatic N) is 1. The molecule has 6 aromatic carbocycles. The van der Waals surface area contributed by atoms with Gasteiger partial charge in [0.2, 0.25) is 0 Å². The number of halogens is 1. The van der Waals surface area contributed by atoms with Crippen molar-refractivity contribution in [3.05, 3.63) is 114 Å². The minimum absolute atomic E-state index is 0.785. The molecule has 0 fully saturated rings. The number of fused-ring (bicyclic) bond motifs is 7. The third-order valence-electron chi connectivity index (χ3n) is 7.32. The molecule has 0 aliphatic rings. The van der Waals surface area contributed by atoms with Gasteiger partial charge in [0.15, 0.2) is 0 Å². The van der Waals surface area contributed by atoms with Gasteiger partial charge in [-0.25, -0.2) is 0 Å². The number of ether oxygens (including phenoxy) is 2. The normalized spacial score (nSPS) is 11.5. The van der Waals surface area contributed by atoms with E-state index in [2.05, 4.69) is 83.8 Å². The van der Waals surface area contributed by atoms with Crippen molar-refractivity contribution < 1.29 is 9.47 Å². The van der Waals surface area contributed by atoms with E-state index in [0.717, 1.165) is 39.0 Å². The Balaban J connectivity index is 1.57. The van der Waals surface area contributed by atoms with Crippen molar-refractivity contribution in [3.63, 3.8) is 0 Å². The molecule has 0 spiro atoms. The summed E-state index contributed by atoms with van der Waals surface area (Å²) < 4.78 is 13.3. The molecular formula is C34H24ClNO2S. The first kappa shape index (κ1) is 23.8. The van der Waals surface area contributed by atoms with E-state index in [4.69, 9.17) is 21.1 Å². The number of hydrogen-bond donors (Lipinski definition) is 0. The van der Waals surface area contributed by atoms with Gasteiger partial charge in [-0.3, -0.25) is 0 Å². The van der Waals surface area contributed by atoms with Crippen LogP contribution in [-0.4, -0.2) is 14.2 Å². The molecule has 190 valence electrons. The molecule has 39 heavy (non-hydrogen) atoms. The monoisotopic (exact) mass is 545 g/mol. The summed E-state index contributed by atoms with van der Waals surface area (Å²) in [5, 5.41) is 7.98. The number of benzene rings is 6. The molecule has 0 aliphatic carbocycles. The van der Waals surface area contributed by atoms with Crippen LogP contribution in [0.5, 0.6) is 11.5 Å². The maximum Gasteiger partial charge on any atom is 0.119 e. The molecule has 7 aromatic rings. The van der Waals surface area contributed by atoms with Crippen LogP contribution in [-0.2, 0) is 0 Å². The Bertz CT molecular complexity index is 1950. The van der Waals surface area contributed by atoms with E-state index >= 15 is 0 Å². The Morgan fingerprint density at radius 1 is 0.564 bits per heavy atom. The van der Waals surface area contributed by atoms with Crippen LogP contribution in [0.3, 0.4) is 0 Å². The van der Waals surface area contributed by atoms with Gasteiger partial charge in [0.05, 0.1) is 19.9 Å². The average molecular weight is 546 g/mol. The maximum atomic E-state index is 6.75. The average Bonchev–Trinajstić information content (AvgIpc) is 3.36. The second kappa shape index (κ2) is 9.49.